The summed E-state index contributed by atoms with van der Waals surface area (Å²) in [6.07, 6.45) is 4.06. The number of hydrogen-bond donors (Lipinski definition) is 0. The molecule has 1 saturated carbocycles. The molecule has 5 rings (SSSR count). The lowest BCUT2D eigenvalue weighted by atomic mass is 9.80. The van der Waals surface area contributed by atoms with Gasteiger partial charge in [0.05, 0.1) is 26.4 Å². The topological polar surface area (TPSA) is 54.9 Å². The maximum atomic E-state index is 13.0. The van der Waals surface area contributed by atoms with Crippen LogP contribution in [0, 0.1) is 23.2 Å². The Balaban J connectivity index is 1.31. The van der Waals surface area contributed by atoms with Crippen molar-refractivity contribution in [1.82, 2.24) is 9.88 Å². The third-order valence-electron chi connectivity index (χ3n) is 6.34. The summed E-state index contributed by atoms with van der Waals surface area (Å²) in [6.45, 7) is 6.58. The molecule has 1 spiro atoms. The first-order valence-corrected chi connectivity index (χ1v) is 10.2. The van der Waals surface area contributed by atoms with Crippen LogP contribution in [0.5, 0.6) is 0 Å². The van der Waals surface area contributed by atoms with Gasteiger partial charge in [-0.25, -0.2) is 4.98 Å². The molecular weight excluding hydrogens is 338 g/mol. The maximum Gasteiger partial charge on any atom is 0.226 e. The average molecular weight is 363 g/mol. The van der Waals surface area contributed by atoms with Crippen LogP contribution in [0.1, 0.15) is 12.8 Å². The Hall–Kier alpha value is -1.18. The maximum absolute atomic E-state index is 13.0. The van der Waals surface area contributed by atoms with Crippen molar-refractivity contribution in [3.05, 3.63) is 11.6 Å². The van der Waals surface area contributed by atoms with E-state index in [-0.39, 0.29) is 11.3 Å². The number of anilines is 1. The Kier molecular flexibility index (Phi) is 3.98. The molecule has 4 fully saturated rings. The molecule has 2 unspecified atom stereocenters. The molecule has 0 radical (unpaired) electrons. The fourth-order valence-corrected chi connectivity index (χ4v) is 5.66. The molecule has 1 aliphatic carbocycles. The summed E-state index contributed by atoms with van der Waals surface area (Å²) in [5, 5.41) is 3.10. The molecule has 1 aromatic heterocycles. The van der Waals surface area contributed by atoms with Crippen LogP contribution in [0.3, 0.4) is 0 Å². The number of hydrogen-bond acceptors (Lipinski definition) is 6. The highest BCUT2D eigenvalue weighted by Gasteiger charge is 2.59. The van der Waals surface area contributed by atoms with Crippen LogP contribution < -0.4 is 4.90 Å². The molecule has 3 saturated heterocycles. The Morgan fingerprint density at radius 1 is 1.24 bits per heavy atom. The van der Waals surface area contributed by atoms with E-state index in [1.165, 1.54) is 0 Å². The van der Waals surface area contributed by atoms with E-state index in [2.05, 4.69) is 14.8 Å². The molecule has 136 valence electrons. The predicted octanol–water partition coefficient (Wildman–Crippen LogP) is 1.48. The number of ether oxygens (including phenoxy) is 2. The first kappa shape index (κ1) is 16.0. The Morgan fingerprint density at radius 2 is 2.12 bits per heavy atom. The SMILES string of the molecule is O=C(C1[C@H]2COC[C@@H]12)N1CCCC2(COCCN(c3nccs3)C2)C1. The molecule has 0 N–H and O–H groups in total. The van der Waals surface area contributed by atoms with E-state index < -0.39 is 0 Å². The van der Waals surface area contributed by atoms with Crippen molar-refractivity contribution >= 4 is 22.4 Å². The highest BCUT2D eigenvalue weighted by atomic mass is 32.1. The van der Waals surface area contributed by atoms with Gasteiger partial charge in [-0.05, 0) is 24.7 Å². The number of amides is 1. The second kappa shape index (κ2) is 6.21. The number of aromatic nitrogens is 1. The van der Waals surface area contributed by atoms with E-state index in [0.29, 0.717) is 17.7 Å². The third-order valence-corrected chi connectivity index (χ3v) is 7.17. The van der Waals surface area contributed by atoms with E-state index in [1.807, 2.05) is 11.6 Å². The lowest BCUT2D eigenvalue weighted by molar-refractivity contribution is -0.138. The van der Waals surface area contributed by atoms with Crippen molar-refractivity contribution < 1.29 is 14.3 Å². The fourth-order valence-electron chi connectivity index (χ4n) is 4.99. The van der Waals surface area contributed by atoms with Crippen LogP contribution in [0.15, 0.2) is 11.6 Å². The number of piperidine rings is 1. The second-order valence-corrected chi connectivity index (χ2v) is 8.92. The normalized spacial score (nSPS) is 37.8. The van der Waals surface area contributed by atoms with Gasteiger partial charge >= 0.3 is 0 Å². The van der Waals surface area contributed by atoms with Crippen molar-refractivity contribution in [2.75, 3.05) is 57.5 Å². The van der Waals surface area contributed by atoms with Crippen LogP contribution in [0.4, 0.5) is 5.13 Å². The molecular formula is C18H25N3O3S. The van der Waals surface area contributed by atoms with Gasteiger partial charge in [0, 0.05) is 49.1 Å². The zero-order valence-electron chi connectivity index (χ0n) is 14.4. The van der Waals surface area contributed by atoms with Gasteiger partial charge in [-0.3, -0.25) is 4.79 Å². The van der Waals surface area contributed by atoms with Gasteiger partial charge in [0.2, 0.25) is 5.91 Å². The molecule has 0 bridgehead atoms. The average Bonchev–Trinajstić information content (AvgIpc) is 2.99. The quantitative estimate of drug-likeness (QED) is 0.797. The molecule has 4 aliphatic rings. The predicted molar refractivity (Wildman–Crippen MR) is 94.7 cm³/mol. The first-order valence-electron chi connectivity index (χ1n) is 9.35. The summed E-state index contributed by atoms with van der Waals surface area (Å²) in [4.78, 5) is 22.0. The highest BCUT2D eigenvalue weighted by Crippen LogP contribution is 2.52. The van der Waals surface area contributed by atoms with Gasteiger partial charge in [-0.2, -0.15) is 0 Å². The smallest absolute Gasteiger partial charge is 0.226 e. The van der Waals surface area contributed by atoms with Gasteiger partial charge in [0.15, 0.2) is 5.13 Å². The van der Waals surface area contributed by atoms with Crippen LogP contribution in [0.25, 0.3) is 0 Å². The number of fused-ring (bicyclic) bond motifs is 1. The monoisotopic (exact) mass is 363 g/mol. The molecule has 0 aromatic carbocycles. The van der Waals surface area contributed by atoms with Gasteiger partial charge < -0.3 is 19.3 Å². The Labute approximate surface area is 152 Å². The summed E-state index contributed by atoms with van der Waals surface area (Å²) in [7, 11) is 0. The van der Waals surface area contributed by atoms with Crippen molar-refractivity contribution in [3.8, 4) is 0 Å². The van der Waals surface area contributed by atoms with E-state index >= 15 is 0 Å². The number of carbonyl (C=O) groups is 1. The molecule has 4 atom stereocenters. The molecule has 7 heteroatoms. The largest absolute Gasteiger partial charge is 0.381 e. The Bertz CT molecular complexity index is 630. The lowest BCUT2D eigenvalue weighted by Crippen LogP contribution is -2.52. The van der Waals surface area contributed by atoms with E-state index in [4.69, 9.17) is 9.47 Å². The number of rotatable bonds is 2. The minimum absolute atomic E-state index is 0.0383. The van der Waals surface area contributed by atoms with Crippen LogP contribution in [0.2, 0.25) is 0 Å². The molecule has 3 aliphatic heterocycles. The van der Waals surface area contributed by atoms with Crippen molar-refractivity contribution in [3.63, 3.8) is 0 Å². The number of nitrogens with zero attached hydrogens (tertiary/aromatic N) is 3. The van der Waals surface area contributed by atoms with Crippen LogP contribution in [-0.2, 0) is 14.3 Å². The molecule has 4 heterocycles. The van der Waals surface area contributed by atoms with Gasteiger partial charge in [0.25, 0.3) is 0 Å². The summed E-state index contributed by atoms with van der Waals surface area (Å²) < 4.78 is 11.4. The van der Waals surface area contributed by atoms with E-state index in [9.17, 15) is 4.79 Å². The molecule has 6 nitrogen and oxygen atoms in total. The number of carbonyl (C=O) groups excluding carboxylic acids is 1. The lowest BCUT2D eigenvalue weighted by Gasteiger charge is -2.43. The minimum Gasteiger partial charge on any atom is -0.381 e. The first-order chi connectivity index (χ1) is 12.3. The summed E-state index contributed by atoms with van der Waals surface area (Å²) in [5.41, 5.74) is 0.0383. The van der Waals surface area contributed by atoms with Crippen LogP contribution in [-0.4, -0.2) is 68.4 Å². The minimum atomic E-state index is 0.0383. The zero-order chi connectivity index (χ0) is 16.9. The standard InChI is InChI=1S/C18H25N3O3S/c22-16(15-13-8-24-9-14(13)15)20-4-1-2-18(10-20)11-21(5-6-23-12-18)17-19-3-7-25-17/h3,7,13-15H,1-2,4-6,8-12H2/t13-,14+,15?,18?. The van der Waals surface area contributed by atoms with Crippen molar-refractivity contribution in [1.29, 1.82) is 0 Å². The second-order valence-electron chi connectivity index (χ2n) is 8.04. The van der Waals surface area contributed by atoms with Gasteiger partial charge in [0.1, 0.15) is 0 Å². The van der Waals surface area contributed by atoms with E-state index in [1.54, 1.807) is 11.3 Å². The van der Waals surface area contributed by atoms with Gasteiger partial charge in [-0.15, -0.1) is 11.3 Å². The van der Waals surface area contributed by atoms with Crippen molar-refractivity contribution in [2.45, 2.75) is 12.8 Å². The summed E-state index contributed by atoms with van der Waals surface area (Å²) in [6, 6.07) is 0. The molecule has 25 heavy (non-hydrogen) atoms. The fraction of sp³-hybridized carbons (Fsp3) is 0.778. The number of likely N-dealkylation sites (tertiary alicyclic amines) is 1. The van der Waals surface area contributed by atoms with E-state index in [0.717, 1.165) is 70.6 Å². The van der Waals surface area contributed by atoms with Crippen LogP contribution >= 0.6 is 11.3 Å². The molecule has 1 amide bonds. The van der Waals surface area contributed by atoms with Gasteiger partial charge in [-0.1, -0.05) is 0 Å². The third kappa shape index (κ3) is 2.86. The van der Waals surface area contributed by atoms with Crippen molar-refractivity contribution in [2.24, 2.45) is 23.2 Å². The highest BCUT2D eigenvalue weighted by molar-refractivity contribution is 7.13. The Morgan fingerprint density at radius 3 is 2.92 bits per heavy atom. The zero-order valence-corrected chi connectivity index (χ0v) is 15.2. The summed E-state index contributed by atoms with van der Waals surface area (Å²) >= 11 is 1.68. The molecule has 1 aromatic rings. The number of thiazole rings is 1. The summed E-state index contributed by atoms with van der Waals surface area (Å²) in [5.74, 6) is 1.57.